The smallest absolute Gasteiger partial charge is 0.113 e. The second kappa shape index (κ2) is 5.22. The van der Waals surface area contributed by atoms with Gasteiger partial charge in [-0.15, -0.1) is 5.10 Å². The first kappa shape index (κ1) is 13.6. The largest absolute Gasteiger partial charge is 0.397 e. The molecule has 1 heterocycles. The second-order valence-electron chi connectivity index (χ2n) is 5.05. The fourth-order valence-electron chi connectivity index (χ4n) is 2.10. The number of halogens is 1. The monoisotopic (exact) mass is 298 g/mol. The number of nitrogen functional groups attached to an aromatic ring is 1. The molecule has 0 saturated heterocycles. The maximum absolute atomic E-state index is 5.93. The van der Waals surface area contributed by atoms with Crippen molar-refractivity contribution in [2.24, 2.45) is 0 Å². The molecular formula is C16H15ClN4. The van der Waals surface area contributed by atoms with Crippen LogP contribution in [0.25, 0.3) is 16.9 Å². The molecule has 0 aliphatic heterocycles. The summed E-state index contributed by atoms with van der Waals surface area (Å²) in [5.74, 6) is 0. The van der Waals surface area contributed by atoms with E-state index in [-0.39, 0.29) is 0 Å². The van der Waals surface area contributed by atoms with Crippen LogP contribution in [0.5, 0.6) is 0 Å². The highest BCUT2D eigenvalue weighted by atomic mass is 35.5. The summed E-state index contributed by atoms with van der Waals surface area (Å²) in [5, 5.41) is 8.91. The van der Waals surface area contributed by atoms with Crippen molar-refractivity contribution in [2.75, 3.05) is 5.73 Å². The number of aromatic nitrogens is 3. The van der Waals surface area contributed by atoms with E-state index in [0.717, 1.165) is 16.9 Å². The van der Waals surface area contributed by atoms with Gasteiger partial charge in [-0.1, -0.05) is 28.9 Å². The third-order valence-corrected chi connectivity index (χ3v) is 3.88. The lowest BCUT2D eigenvalue weighted by Crippen LogP contribution is -1.96. The fourth-order valence-corrected chi connectivity index (χ4v) is 2.21. The van der Waals surface area contributed by atoms with Crippen molar-refractivity contribution in [3.05, 3.63) is 58.7 Å². The van der Waals surface area contributed by atoms with Crippen LogP contribution < -0.4 is 5.73 Å². The highest BCUT2D eigenvalue weighted by molar-refractivity contribution is 6.33. The van der Waals surface area contributed by atoms with Crippen molar-refractivity contribution in [1.82, 2.24) is 15.0 Å². The highest BCUT2D eigenvalue weighted by Gasteiger charge is 2.07. The lowest BCUT2D eigenvalue weighted by Gasteiger charge is -2.03. The fraction of sp³-hybridized carbons (Fsp3) is 0.125. The first-order chi connectivity index (χ1) is 10.0. The first-order valence-corrected chi connectivity index (χ1v) is 6.98. The van der Waals surface area contributed by atoms with Gasteiger partial charge in [0.1, 0.15) is 5.69 Å². The third-order valence-electron chi connectivity index (χ3n) is 3.54. The molecule has 1 aromatic heterocycles. The molecule has 106 valence electrons. The number of nitrogens with zero attached hydrogens (tertiary/aromatic N) is 3. The van der Waals surface area contributed by atoms with Crippen LogP contribution in [-0.2, 0) is 0 Å². The van der Waals surface area contributed by atoms with Crippen LogP contribution in [0.3, 0.4) is 0 Å². The Balaban J connectivity index is 1.99. The molecule has 0 radical (unpaired) electrons. The van der Waals surface area contributed by atoms with E-state index in [2.05, 4.69) is 36.3 Å². The number of anilines is 1. The molecule has 0 atom stereocenters. The minimum Gasteiger partial charge on any atom is -0.397 e. The molecule has 3 aromatic rings. The molecule has 0 unspecified atom stereocenters. The summed E-state index contributed by atoms with van der Waals surface area (Å²) < 4.78 is 1.69. The van der Waals surface area contributed by atoms with Crippen LogP contribution in [-0.4, -0.2) is 15.0 Å². The molecule has 0 saturated carbocycles. The Kier molecular flexibility index (Phi) is 3.39. The zero-order valence-electron chi connectivity index (χ0n) is 11.8. The van der Waals surface area contributed by atoms with Crippen LogP contribution >= 0.6 is 11.6 Å². The summed E-state index contributed by atoms with van der Waals surface area (Å²) in [7, 11) is 0. The molecule has 2 N–H and O–H groups in total. The summed E-state index contributed by atoms with van der Waals surface area (Å²) in [6, 6.07) is 11.6. The van der Waals surface area contributed by atoms with Gasteiger partial charge in [-0.3, -0.25) is 0 Å². The Morgan fingerprint density at radius 3 is 2.57 bits per heavy atom. The summed E-state index contributed by atoms with van der Waals surface area (Å²) in [6.07, 6.45) is 1.88. The van der Waals surface area contributed by atoms with Gasteiger partial charge in [0.05, 0.1) is 22.6 Å². The molecule has 0 fully saturated rings. The Hall–Kier alpha value is -2.33. The van der Waals surface area contributed by atoms with Gasteiger partial charge in [0, 0.05) is 5.56 Å². The predicted octanol–water partition coefficient (Wildman–Crippen LogP) is 3.79. The molecule has 0 aliphatic rings. The number of hydrogen-bond donors (Lipinski definition) is 1. The van der Waals surface area contributed by atoms with Gasteiger partial charge >= 0.3 is 0 Å². The Labute approximate surface area is 128 Å². The summed E-state index contributed by atoms with van der Waals surface area (Å²) >= 11 is 5.93. The van der Waals surface area contributed by atoms with Crippen molar-refractivity contribution in [3.63, 3.8) is 0 Å². The minimum atomic E-state index is 0.525. The van der Waals surface area contributed by atoms with Gasteiger partial charge in [0.15, 0.2) is 0 Å². The molecule has 2 aromatic carbocycles. The van der Waals surface area contributed by atoms with E-state index in [1.54, 1.807) is 16.8 Å². The predicted molar refractivity (Wildman–Crippen MR) is 85.7 cm³/mol. The summed E-state index contributed by atoms with van der Waals surface area (Å²) in [5.41, 5.74) is 11.5. The zero-order valence-corrected chi connectivity index (χ0v) is 12.6. The van der Waals surface area contributed by atoms with Gasteiger partial charge in [-0.2, -0.15) is 0 Å². The van der Waals surface area contributed by atoms with Gasteiger partial charge in [-0.25, -0.2) is 4.68 Å². The minimum absolute atomic E-state index is 0.525. The molecule has 0 amide bonds. The topological polar surface area (TPSA) is 56.7 Å². The van der Waals surface area contributed by atoms with Crippen molar-refractivity contribution in [1.29, 1.82) is 0 Å². The van der Waals surface area contributed by atoms with E-state index >= 15 is 0 Å². The highest BCUT2D eigenvalue weighted by Crippen LogP contribution is 2.24. The Morgan fingerprint density at radius 2 is 1.86 bits per heavy atom. The standard InChI is InChI=1S/C16H15ClN4/c1-10-3-4-12(7-11(10)2)16-9-21(20-19-16)13-5-6-14(17)15(18)8-13/h3-9H,18H2,1-2H3. The summed E-state index contributed by atoms with van der Waals surface area (Å²) in [6.45, 7) is 4.18. The van der Waals surface area contributed by atoms with Crippen molar-refractivity contribution in [3.8, 4) is 16.9 Å². The first-order valence-electron chi connectivity index (χ1n) is 6.60. The van der Waals surface area contributed by atoms with Crippen LogP contribution in [0.4, 0.5) is 5.69 Å². The molecule has 0 bridgehead atoms. The normalized spacial score (nSPS) is 10.8. The van der Waals surface area contributed by atoms with E-state index in [9.17, 15) is 0 Å². The lowest BCUT2D eigenvalue weighted by atomic mass is 10.0. The third kappa shape index (κ3) is 2.62. The number of aryl methyl sites for hydroxylation is 2. The van der Waals surface area contributed by atoms with Gasteiger partial charge in [0.2, 0.25) is 0 Å². The van der Waals surface area contributed by atoms with E-state index < -0.39 is 0 Å². The van der Waals surface area contributed by atoms with Crippen LogP contribution in [0.1, 0.15) is 11.1 Å². The number of rotatable bonds is 2. The number of nitrogens with two attached hydrogens (primary N) is 1. The van der Waals surface area contributed by atoms with E-state index in [0.29, 0.717) is 10.7 Å². The van der Waals surface area contributed by atoms with Crippen LogP contribution in [0, 0.1) is 13.8 Å². The van der Waals surface area contributed by atoms with Gasteiger partial charge in [-0.05, 0) is 49.2 Å². The van der Waals surface area contributed by atoms with Crippen molar-refractivity contribution >= 4 is 17.3 Å². The quantitative estimate of drug-likeness (QED) is 0.732. The number of hydrogen-bond acceptors (Lipinski definition) is 3. The van der Waals surface area contributed by atoms with Gasteiger partial charge < -0.3 is 5.73 Å². The molecule has 21 heavy (non-hydrogen) atoms. The molecule has 0 aliphatic carbocycles. The molecule has 5 heteroatoms. The average Bonchev–Trinajstić information content (AvgIpc) is 2.94. The Morgan fingerprint density at radius 1 is 1.05 bits per heavy atom. The van der Waals surface area contributed by atoms with E-state index in [4.69, 9.17) is 17.3 Å². The molecule has 0 spiro atoms. The average molecular weight is 299 g/mol. The lowest BCUT2D eigenvalue weighted by molar-refractivity contribution is 0.804. The zero-order chi connectivity index (χ0) is 15.0. The second-order valence-corrected chi connectivity index (χ2v) is 5.46. The summed E-state index contributed by atoms with van der Waals surface area (Å²) in [4.78, 5) is 0. The van der Waals surface area contributed by atoms with Crippen LogP contribution in [0.2, 0.25) is 5.02 Å². The molecular weight excluding hydrogens is 284 g/mol. The van der Waals surface area contributed by atoms with Crippen molar-refractivity contribution < 1.29 is 0 Å². The Bertz CT molecular complexity index is 742. The molecule has 4 nitrogen and oxygen atoms in total. The van der Waals surface area contributed by atoms with Crippen molar-refractivity contribution in [2.45, 2.75) is 13.8 Å². The number of benzene rings is 2. The van der Waals surface area contributed by atoms with Gasteiger partial charge in [0.25, 0.3) is 0 Å². The maximum Gasteiger partial charge on any atom is 0.113 e. The maximum atomic E-state index is 5.93. The van der Waals surface area contributed by atoms with E-state index in [1.165, 1.54) is 11.1 Å². The SMILES string of the molecule is Cc1ccc(-c2cn(-c3ccc(Cl)c(N)c3)nn2)cc1C. The van der Waals surface area contributed by atoms with E-state index in [1.807, 2.05) is 18.3 Å². The van der Waals surface area contributed by atoms with Crippen LogP contribution in [0.15, 0.2) is 42.6 Å². The molecule has 3 rings (SSSR count).